The highest BCUT2D eigenvalue weighted by atomic mass is 32.1. The smallest absolute Gasteiger partial charge is 0.312 e. The van der Waals surface area contributed by atoms with Crippen LogP contribution < -0.4 is 10.6 Å². The van der Waals surface area contributed by atoms with Crippen LogP contribution in [0.5, 0.6) is 0 Å². The molecule has 8 heteroatoms. The third-order valence-electron chi connectivity index (χ3n) is 5.77. The molecule has 1 aliphatic rings. The molecule has 0 bridgehead atoms. The Morgan fingerprint density at radius 3 is 2.70 bits per heavy atom. The van der Waals surface area contributed by atoms with E-state index in [0.29, 0.717) is 18.1 Å². The number of anilines is 2. The second kappa shape index (κ2) is 8.99. The number of aromatic nitrogens is 2. The van der Waals surface area contributed by atoms with Crippen molar-refractivity contribution >= 4 is 44.9 Å². The van der Waals surface area contributed by atoms with Crippen molar-refractivity contribution in [1.29, 1.82) is 0 Å². The topological polar surface area (TPSA) is 87.2 Å². The minimum absolute atomic E-state index is 0.243. The second-order valence-corrected chi connectivity index (χ2v) is 9.06. The van der Waals surface area contributed by atoms with Crippen LogP contribution in [-0.4, -0.2) is 39.6 Å². The van der Waals surface area contributed by atoms with Gasteiger partial charge in [-0.1, -0.05) is 71.5 Å². The molecular weight excluding hydrogens is 434 g/mol. The number of aryl methyl sites for hydroxylation is 1. The van der Waals surface area contributed by atoms with Gasteiger partial charge in [-0.3, -0.25) is 10.1 Å². The Morgan fingerprint density at radius 1 is 1.00 bits per heavy atom. The Labute approximate surface area is 195 Å². The maximum atomic E-state index is 13.1. The van der Waals surface area contributed by atoms with Gasteiger partial charge in [0.05, 0.1) is 5.69 Å². The van der Waals surface area contributed by atoms with Gasteiger partial charge in [-0.25, -0.2) is 4.79 Å². The summed E-state index contributed by atoms with van der Waals surface area (Å²) >= 11 is 1.32. The van der Waals surface area contributed by atoms with E-state index in [-0.39, 0.29) is 11.9 Å². The van der Waals surface area contributed by atoms with Crippen molar-refractivity contribution in [1.82, 2.24) is 15.1 Å². The number of likely N-dealkylation sites (tertiary alicyclic amines) is 1. The summed E-state index contributed by atoms with van der Waals surface area (Å²) in [6.07, 6.45) is 1.38. The molecule has 1 fully saturated rings. The van der Waals surface area contributed by atoms with Crippen LogP contribution in [0.3, 0.4) is 0 Å². The van der Waals surface area contributed by atoms with E-state index in [2.05, 4.69) is 20.8 Å². The molecule has 2 heterocycles. The summed E-state index contributed by atoms with van der Waals surface area (Å²) in [6.45, 7) is 2.55. The monoisotopic (exact) mass is 457 g/mol. The first-order valence-corrected chi connectivity index (χ1v) is 11.7. The van der Waals surface area contributed by atoms with Crippen LogP contribution in [-0.2, 0) is 4.79 Å². The first-order chi connectivity index (χ1) is 16.1. The van der Waals surface area contributed by atoms with Gasteiger partial charge in [0.2, 0.25) is 11.0 Å². The van der Waals surface area contributed by atoms with E-state index in [9.17, 15) is 9.59 Å². The van der Waals surface area contributed by atoms with Crippen molar-refractivity contribution < 1.29 is 9.59 Å². The Bertz CT molecular complexity index is 1330. The zero-order chi connectivity index (χ0) is 22.8. The molecule has 3 aromatic carbocycles. The molecule has 1 atom stereocenters. The normalized spacial score (nSPS) is 15.5. The van der Waals surface area contributed by atoms with Crippen LogP contribution in [0, 0.1) is 6.92 Å². The number of urea groups is 1. The fourth-order valence-electron chi connectivity index (χ4n) is 4.16. The molecule has 1 unspecified atom stereocenters. The standard InChI is InChI=1S/C25H23N5O2S/c1-16-7-4-10-18(15-16)23-28-29-24(33-23)27-22(31)21-13-6-14-30(21)25(32)26-20-12-5-9-17-8-2-3-11-19(17)20/h2-5,7-12,15,21H,6,13-14H2,1H3,(H,26,32)(H,27,29,31). The Hall–Kier alpha value is -3.78. The number of nitrogens with zero attached hydrogens (tertiary/aromatic N) is 3. The number of carbonyl (C=O) groups excluding carboxylic acids is 2. The first kappa shape index (κ1) is 21.1. The average Bonchev–Trinajstić information content (AvgIpc) is 3.49. The fraction of sp³-hybridized carbons (Fsp3) is 0.200. The van der Waals surface area contributed by atoms with Crippen LogP contribution in [0.15, 0.2) is 66.7 Å². The van der Waals surface area contributed by atoms with Crippen molar-refractivity contribution in [2.24, 2.45) is 0 Å². The molecule has 166 valence electrons. The number of hydrogen-bond donors (Lipinski definition) is 2. The summed E-state index contributed by atoms with van der Waals surface area (Å²) in [7, 11) is 0. The Morgan fingerprint density at radius 2 is 1.82 bits per heavy atom. The molecule has 7 nitrogen and oxygen atoms in total. The summed E-state index contributed by atoms with van der Waals surface area (Å²) in [5, 5.41) is 17.4. The van der Waals surface area contributed by atoms with Crippen molar-refractivity contribution in [3.63, 3.8) is 0 Å². The van der Waals surface area contributed by atoms with E-state index in [0.717, 1.165) is 39.0 Å². The number of fused-ring (bicyclic) bond motifs is 1. The number of benzene rings is 3. The van der Waals surface area contributed by atoms with Crippen LogP contribution in [0.4, 0.5) is 15.6 Å². The van der Waals surface area contributed by atoms with E-state index in [1.807, 2.05) is 73.7 Å². The summed E-state index contributed by atoms with van der Waals surface area (Å²) < 4.78 is 0. The highest BCUT2D eigenvalue weighted by Gasteiger charge is 2.34. The molecule has 0 aliphatic carbocycles. The molecule has 4 aromatic rings. The van der Waals surface area contributed by atoms with Crippen molar-refractivity contribution in [2.75, 3.05) is 17.2 Å². The van der Waals surface area contributed by atoms with E-state index in [1.165, 1.54) is 11.3 Å². The molecular formula is C25H23N5O2S. The molecule has 1 aromatic heterocycles. The van der Waals surface area contributed by atoms with Crippen molar-refractivity contribution in [2.45, 2.75) is 25.8 Å². The van der Waals surface area contributed by atoms with Gasteiger partial charge in [-0.2, -0.15) is 0 Å². The van der Waals surface area contributed by atoms with Crippen molar-refractivity contribution in [3.05, 3.63) is 72.3 Å². The number of hydrogen-bond acceptors (Lipinski definition) is 5. The molecule has 0 spiro atoms. The third-order valence-corrected chi connectivity index (χ3v) is 6.66. The van der Waals surface area contributed by atoms with Gasteiger partial charge < -0.3 is 10.2 Å². The highest BCUT2D eigenvalue weighted by Crippen LogP contribution is 2.29. The number of nitrogens with one attached hydrogen (secondary N) is 2. The lowest BCUT2D eigenvalue weighted by molar-refractivity contribution is -0.119. The predicted molar refractivity (Wildman–Crippen MR) is 131 cm³/mol. The quantitative estimate of drug-likeness (QED) is 0.435. The molecule has 0 saturated carbocycles. The summed E-state index contributed by atoms with van der Waals surface area (Å²) in [5.41, 5.74) is 2.83. The molecule has 1 aliphatic heterocycles. The van der Waals surface area contributed by atoms with Crippen LogP contribution in [0.1, 0.15) is 18.4 Å². The summed E-state index contributed by atoms with van der Waals surface area (Å²) in [6, 6.07) is 20.8. The maximum absolute atomic E-state index is 13.1. The lowest BCUT2D eigenvalue weighted by Gasteiger charge is -2.24. The maximum Gasteiger partial charge on any atom is 0.322 e. The zero-order valence-corrected chi connectivity index (χ0v) is 18.9. The van der Waals surface area contributed by atoms with Crippen molar-refractivity contribution in [3.8, 4) is 10.6 Å². The van der Waals surface area contributed by atoms with E-state index >= 15 is 0 Å². The minimum Gasteiger partial charge on any atom is -0.312 e. The van der Waals surface area contributed by atoms with E-state index in [1.54, 1.807) is 4.90 Å². The van der Waals surface area contributed by atoms with Gasteiger partial charge in [-0.05, 0) is 37.3 Å². The minimum atomic E-state index is -0.550. The van der Waals surface area contributed by atoms with E-state index in [4.69, 9.17) is 0 Å². The van der Waals surface area contributed by atoms with E-state index < -0.39 is 6.04 Å². The molecule has 5 rings (SSSR count). The lowest BCUT2D eigenvalue weighted by Crippen LogP contribution is -2.45. The zero-order valence-electron chi connectivity index (χ0n) is 18.1. The molecule has 0 radical (unpaired) electrons. The number of rotatable bonds is 4. The molecule has 33 heavy (non-hydrogen) atoms. The summed E-state index contributed by atoms with van der Waals surface area (Å²) in [5.74, 6) is -0.243. The number of carbonyl (C=O) groups is 2. The largest absolute Gasteiger partial charge is 0.322 e. The van der Waals surface area contributed by atoms with Gasteiger partial charge in [-0.15, -0.1) is 10.2 Å². The van der Waals surface area contributed by atoms with Gasteiger partial charge >= 0.3 is 6.03 Å². The highest BCUT2D eigenvalue weighted by molar-refractivity contribution is 7.18. The summed E-state index contributed by atoms with van der Waals surface area (Å²) in [4.78, 5) is 27.7. The molecule has 1 saturated heterocycles. The Kier molecular flexibility index (Phi) is 5.75. The van der Waals surface area contributed by atoms with Crippen LogP contribution in [0.25, 0.3) is 21.3 Å². The second-order valence-electron chi connectivity index (χ2n) is 8.08. The van der Waals surface area contributed by atoms with Gasteiger partial charge in [0.25, 0.3) is 0 Å². The SMILES string of the molecule is Cc1cccc(-c2nnc(NC(=O)C3CCCN3C(=O)Nc3cccc4ccccc34)s2)c1. The van der Waals surface area contributed by atoms with Crippen LogP contribution in [0.2, 0.25) is 0 Å². The predicted octanol–water partition coefficient (Wildman–Crippen LogP) is 5.30. The lowest BCUT2D eigenvalue weighted by atomic mass is 10.1. The van der Waals surface area contributed by atoms with Crippen LogP contribution >= 0.6 is 11.3 Å². The first-order valence-electron chi connectivity index (χ1n) is 10.9. The average molecular weight is 458 g/mol. The fourth-order valence-corrected chi connectivity index (χ4v) is 4.90. The molecule has 2 N–H and O–H groups in total. The van der Waals surface area contributed by atoms with Gasteiger partial charge in [0.15, 0.2) is 0 Å². The number of amides is 3. The van der Waals surface area contributed by atoms with Gasteiger partial charge in [0, 0.05) is 17.5 Å². The third kappa shape index (κ3) is 4.42. The Balaban J connectivity index is 1.28. The van der Waals surface area contributed by atoms with Gasteiger partial charge in [0.1, 0.15) is 11.0 Å². The molecule has 3 amide bonds.